The Morgan fingerprint density at radius 3 is 2.57 bits per heavy atom. The van der Waals surface area contributed by atoms with Gasteiger partial charge in [0.25, 0.3) is 0 Å². The number of esters is 1. The first-order valence-electron chi connectivity index (χ1n) is 7.34. The lowest BCUT2D eigenvalue weighted by molar-refractivity contribution is -0.154. The van der Waals surface area contributed by atoms with Crippen LogP contribution in [0.25, 0.3) is 0 Å². The number of rotatable bonds is 7. The van der Waals surface area contributed by atoms with Crippen molar-refractivity contribution in [2.24, 2.45) is 0 Å². The molecule has 1 aliphatic carbocycles. The van der Waals surface area contributed by atoms with Crippen LogP contribution in [-0.4, -0.2) is 24.3 Å². The molecule has 116 valence electrons. The maximum Gasteiger partial charge on any atom is 0.323 e. The maximum atomic E-state index is 12.7. The fourth-order valence-electron chi connectivity index (χ4n) is 1.94. The van der Waals surface area contributed by atoms with Gasteiger partial charge in [0.2, 0.25) is 0 Å². The average molecular weight is 311 g/mol. The summed E-state index contributed by atoms with van der Waals surface area (Å²) < 4.78 is 23.6. The average Bonchev–Trinajstić information content (AvgIpc) is 2.43. The van der Waals surface area contributed by atoms with E-state index in [-0.39, 0.29) is 12.1 Å². The molecule has 21 heavy (non-hydrogen) atoms. The molecular weight excluding hydrogens is 289 g/mol. The standard InChI is InChI=1S/C15H22NO4P/c1-3-21(18,20-14-8-5-4-6-9-14)16-12(2)15(17)19-13-10-7-11-13/h4-6,8-9,12-13H,3,7,10-11H2,1-2H3,(H,16,18)/t12-,21?/m0/s1. The van der Waals surface area contributed by atoms with E-state index in [1.54, 1.807) is 26.0 Å². The topological polar surface area (TPSA) is 64.6 Å². The largest absolute Gasteiger partial charge is 0.461 e. The summed E-state index contributed by atoms with van der Waals surface area (Å²) in [6.45, 7) is 3.42. The van der Waals surface area contributed by atoms with Crippen LogP contribution in [0.5, 0.6) is 5.75 Å². The molecule has 0 aliphatic heterocycles. The molecule has 1 saturated carbocycles. The highest BCUT2D eigenvalue weighted by Gasteiger charge is 2.30. The Labute approximate surface area is 125 Å². The molecule has 0 saturated heterocycles. The van der Waals surface area contributed by atoms with Crippen molar-refractivity contribution in [1.29, 1.82) is 0 Å². The normalized spacial score (nSPS) is 19.1. The highest BCUT2D eigenvalue weighted by molar-refractivity contribution is 7.57. The quantitative estimate of drug-likeness (QED) is 0.618. The summed E-state index contributed by atoms with van der Waals surface area (Å²) in [4.78, 5) is 11.9. The maximum absolute atomic E-state index is 12.7. The zero-order valence-electron chi connectivity index (χ0n) is 12.5. The van der Waals surface area contributed by atoms with E-state index in [0.29, 0.717) is 11.9 Å². The van der Waals surface area contributed by atoms with Crippen LogP contribution < -0.4 is 9.61 Å². The highest BCUT2D eigenvalue weighted by Crippen LogP contribution is 2.43. The summed E-state index contributed by atoms with van der Waals surface area (Å²) in [5, 5.41) is 2.80. The summed E-state index contributed by atoms with van der Waals surface area (Å²) in [6, 6.07) is 8.30. The Kier molecular flexibility index (Phi) is 5.43. The zero-order valence-corrected chi connectivity index (χ0v) is 13.3. The number of para-hydroxylation sites is 1. The second kappa shape index (κ2) is 7.10. The van der Waals surface area contributed by atoms with Crippen molar-refractivity contribution in [3.05, 3.63) is 30.3 Å². The van der Waals surface area contributed by atoms with Crippen LogP contribution in [0, 0.1) is 0 Å². The molecule has 0 spiro atoms. The summed E-state index contributed by atoms with van der Waals surface area (Å²) in [5.74, 6) is 0.153. The molecule has 0 bridgehead atoms. The smallest absolute Gasteiger partial charge is 0.323 e. The Bertz CT molecular complexity index is 516. The van der Waals surface area contributed by atoms with Crippen molar-refractivity contribution < 1.29 is 18.6 Å². The fourth-order valence-corrected chi connectivity index (χ4v) is 3.46. The molecule has 5 nitrogen and oxygen atoms in total. The van der Waals surface area contributed by atoms with E-state index in [1.807, 2.05) is 18.2 Å². The molecular formula is C15H22NO4P. The third-order valence-electron chi connectivity index (χ3n) is 3.49. The van der Waals surface area contributed by atoms with E-state index in [0.717, 1.165) is 19.3 Å². The van der Waals surface area contributed by atoms with Gasteiger partial charge in [0.15, 0.2) is 0 Å². The fraction of sp³-hybridized carbons (Fsp3) is 0.533. The molecule has 0 amide bonds. The van der Waals surface area contributed by atoms with Gasteiger partial charge in [-0.2, -0.15) is 0 Å². The number of ether oxygens (including phenoxy) is 1. The van der Waals surface area contributed by atoms with Crippen molar-refractivity contribution in [3.63, 3.8) is 0 Å². The highest BCUT2D eigenvalue weighted by atomic mass is 31.2. The lowest BCUT2D eigenvalue weighted by atomic mass is 9.96. The van der Waals surface area contributed by atoms with E-state index in [1.165, 1.54) is 0 Å². The van der Waals surface area contributed by atoms with Crippen LogP contribution in [0.3, 0.4) is 0 Å². The van der Waals surface area contributed by atoms with Gasteiger partial charge in [0, 0.05) is 6.16 Å². The van der Waals surface area contributed by atoms with E-state index in [4.69, 9.17) is 9.26 Å². The minimum Gasteiger partial charge on any atom is -0.461 e. The van der Waals surface area contributed by atoms with Gasteiger partial charge < -0.3 is 9.26 Å². The molecule has 0 aromatic heterocycles. The summed E-state index contributed by atoms with van der Waals surface area (Å²) >= 11 is 0. The van der Waals surface area contributed by atoms with E-state index in [2.05, 4.69) is 5.09 Å². The van der Waals surface area contributed by atoms with Crippen LogP contribution in [0.15, 0.2) is 30.3 Å². The van der Waals surface area contributed by atoms with Gasteiger partial charge in [-0.25, -0.2) is 5.09 Å². The SMILES string of the molecule is CCP(=O)(N[C@@H](C)C(=O)OC1CCC1)Oc1ccccc1. The number of hydrogen-bond acceptors (Lipinski definition) is 4. The number of nitrogens with one attached hydrogen (secondary N) is 1. The van der Waals surface area contributed by atoms with Crippen molar-refractivity contribution in [3.8, 4) is 5.75 Å². The molecule has 1 N–H and O–H groups in total. The van der Waals surface area contributed by atoms with Crippen LogP contribution in [0.1, 0.15) is 33.1 Å². The van der Waals surface area contributed by atoms with Crippen molar-refractivity contribution in [2.75, 3.05) is 6.16 Å². The minimum atomic E-state index is -3.12. The second-order valence-corrected chi connectivity index (χ2v) is 7.65. The van der Waals surface area contributed by atoms with Crippen LogP contribution in [0.4, 0.5) is 0 Å². The molecule has 1 aliphatic rings. The van der Waals surface area contributed by atoms with Gasteiger partial charge in [0.05, 0.1) is 0 Å². The molecule has 1 unspecified atom stereocenters. The Morgan fingerprint density at radius 1 is 1.38 bits per heavy atom. The van der Waals surface area contributed by atoms with Gasteiger partial charge >= 0.3 is 13.5 Å². The zero-order chi connectivity index (χ0) is 15.3. The van der Waals surface area contributed by atoms with Gasteiger partial charge in [-0.3, -0.25) is 9.36 Å². The second-order valence-electron chi connectivity index (χ2n) is 5.23. The number of hydrogen-bond donors (Lipinski definition) is 1. The predicted octanol–water partition coefficient (Wildman–Crippen LogP) is 3.35. The summed E-state index contributed by atoms with van der Waals surface area (Å²) in [7, 11) is -3.12. The van der Waals surface area contributed by atoms with Gasteiger partial charge in [0.1, 0.15) is 17.9 Å². The summed E-state index contributed by atoms with van der Waals surface area (Å²) in [5.41, 5.74) is 0. The molecule has 2 atom stereocenters. The van der Waals surface area contributed by atoms with Crippen LogP contribution >= 0.6 is 7.52 Å². The predicted molar refractivity (Wildman–Crippen MR) is 81.5 cm³/mol. The monoisotopic (exact) mass is 311 g/mol. The first kappa shape index (κ1) is 16.1. The Balaban J connectivity index is 1.93. The number of carbonyl (C=O) groups excluding carboxylic acids is 1. The lowest BCUT2D eigenvalue weighted by Gasteiger charge is -2.28. The van der Waals surface area contributed by atoms with Gasteiger partial charge in [-0.05, 0) is 38.3 Å². The molecule has 1 aromatic rings. The first-order valence-corrected chi connectivity index (χ1v) is 9.15. The van der Waals surface area contributed by atoms with Crippen molar-refractivity contribution in [2.45, 2.75) is 45.3 Å². The van der Waals surface area contributed by atoms with Crippen LogP contribution in [-0.2, 0) is 14.1 Å². The number of carbonyl (C=O) groups is 1. The van der Waals surface area contributed by atoms with Crippen molar-refractivity contribution >= 4 is 13.5 Å². The Hall–Kier alpha value is -1.32. The van der Waals surface area contributed by atoms with E-state index < -0.39 is 13.6 Å². The Morgan fingerprint density at radius 2 is 2.05 bits per heavy atom. The molecule has 2 rings (SSSR count). The minimum absolute atomic E-state index is 0.0257. The molecule has 0 heterocycles. The van der Waals surface area contributed by atoms with Gasteiger partial charge in [-0.1, -0.05) is 25.1 Å². The van der Waals surface area contributed by atoms with E-state index >= 15 is 0 Å². The molecule has 1 fully saturated rings. The lowest BCUT2D eigenvalue weighted by Crippen LogP contribution is -2.38. The molecule has 0 radical (unpaired) electrons. The van der Waals surface area contributed by atoms with Crippen LogP contribution in [0.2, 0.25) is 0 Å². The van der Waals surface area contributed by atoms with Gasteiger partial charge in [-0.15, -0.1) is 0 Å². The first-order chi connectivity index (χ1) is 10.0. The summed E-state index contributed by atoms with van der Waals surface area (Å²) in [6.07, 6.45) is 3.26. The third kappa shape index (κ3) is 4.58. The number of benzene rings is 1. The van der Waals surface area contributed by atoms with Crippen molar-refractivity contribution in [1.82, 2.24) is 5.09 Å². The molecule has 6 heteroatoms. The van der Waals surface area contributed by atoms with E-state index in [9.17, 15) is 9.36 Å². The third-order valence-corrected chi connectivity index (χ3v) is 5.61. The molecule has 1 aromatic carbocycles.